The molecule has 0 bridgehead atoms. The minimum absolute atomic E-state index is 0.206. The molecule has 0 spiro atoms. The SMILES string of the molecule is CC(C)(C)OC(=O)C(C[B]OC(C)(C)C(C)(C)O)N=C(c1ccccc1)c1ccccc1. The molecule has 0 aliphatic rings. The fourth-order valence-electron chi connectivity index (χ4n) is 2.73. The monoisotopic (exact) mass is 436 g/mol. The number of benzene rings is 2. The summed E-state index contributed by atoms with van der Waals surface area (Å²) in [5.74, 6) is -0.428. The van der Waals surface area contributed by atoms with E-state index in [-0.39, 0.29) is 6.32 Å². The van der Waals surface area contributed by atoms with Crippen molar-refractivity contribution in [2.24, 2.45) is 4.99 Å². The van der Waals surface area contributed by atoms with Crippen LogP contribution in [0.2, 0.25) is 6.32 Å². The lowest BCUT2D eigenvalue weighted by Crippen LogP contribution is -2.48. The molecule has 0 amide bonds. The van der Waals surface area contributed by atoms with Gasteiger partial charge >= 0.3 is 5.97 Å². The van der Waals surface area contributed by atoms with Crippen LogP contribution in [-0.2, 0) is 14.2 Å². The Morgan fingerprint density at radius 3 is 1.78 bits per heavy atom. The van der Waals surface area contributed by atoms with E-state index in [0.717, 1.165) is 11.1 Å². The molecule has 1 N–H and O–H groups in total. The van der Waals surface area contributed by atoms with Gasteiger partial charge in [0.05, 0.1) is 16.9 Å². The lowest BCUT2D eigenvalue weighted by Gasteiger charge is -2.37. The van der Waals surface area contributed by atoms with Crippen LogP contribution in [0.1, 0.15) is 59.6 Å². The van der Waals surface area contributed by atoms with Crippen LogP contribution in [0.25, 0.3) is 0 Å². The number of esters is 1. The lowest BCUT2D eigenvalue weighted by molar-refractivity contribution is -0.155. The number of hydrogen-bond acceptors (Lipinski definition) is 5. The van der Waals surface area contributed by atoms with Gasteiger partial charge in [-0.3, -0.25) is 4.99 Å². The second-order valence-electron chi connectivity index (χ2n) is 9.85. The molecule has 0 aliphatic heterocycles. The van der Waals surface area contributed by atoms with Gasteiger partial charge in [0.2, 0.25) is 0 Å². The summed E-state index contributed by atoms with van der Waals surface area (Å²) in [7, 11) is 1.55. The van der Waals surface area contributed by atoms with E-state index in [4.69, 9.17) is 14.4 Å². The quantitative estimate of drug-likeness (QED) is 0.347. The Morgan fingerprint density at radius 1 is 0.906 bits per heavy atom. The lowest BCUT2D eigenvalue weighted by atomic mass is 9.83. The minimum atomic E-state index is -1.06. The molecule has 171 valence electrons. The van der Waals surface area contributed by atoms with E-state index in [1.807, 2.05) is 81.4 Å². The van der Waals surface area contributed by atoms with Crippen LogP contribution in [-0.4, -0.2) is 47.1 Å². The van der Waals surface area contributed by atoms with Gasteiger partial charge in [0.1, 0.15) is 11.6 Å². The summed E-state index contributed by atoms with van der Waals surface area (Å²) < 4.78 is 11.5. The Balaban J connectivity index is 2.39. The summed E-state index contributed by atoms with van der Waals surface area (Å²) in [6, 6.07) is 18.7. The van der Waals surface area contributed by atoms with Crippen molar-refractivity contribution in [1.29, 1.82) is 0 Å². The maximum absolute atomic E-state index is 13.1. The molecule has 6 heteroatoms. The molecule has 0 saturated heterocycles. The Morgan fingerprint density at radius 2 is 1.38 bits per heavy atom. The van der Waals surface area contributed by atoms with E-state index in [1.165, 1.54) is 0 Å². The molecular formula is C26H35BNO4. The first kappa shape index (κ1) is 25.8. The maximum atomic E-state index is 13.1. The van der Waals surface area contributed by atoms with Gasteiger partial charge < -0.3 is 14.5 Å². The van der Waals surface area contributed by atoms with Gasteiger partial charge in [-0.2, -0.15) is 0 Å². The molecule has 0 heterocycles. The number of nitrogens with zero attached hydrogens (tertiary/aromatic N) is 1. The van der Waals surface area contributed by atoms with Gasteiger partial charge in [0.25, 0.3) is 7.48 Å². The predicted octanol–water partition coefficient (Wildman–Crippen LogP) is 4.84. The van der Waals surface area contributed by atoms with Crippen molar-refractivity contribution < 1.29 is 19.3 Å². The Labute approximate surface area is 193 Å². The number of carbonyl (C=O) groups excluding carboxylic acids is 1. The number of aliphatic hydroxyl groups is 1. The molecule has 2 aromatic carbocycles. The van der Waals surface area contributed by atoms with Crippen LogP contribution in [0.5, 0.6) is 0 Å². The van der Waals surface area contributed by atoms with Crippen LogP contribution >= 0.6 is 0 Å². The molecule has 2 aromatic rings. The van der Waals surface area contributed by atoms with E-state index in [1.54, 1.807) is 35.2 Å². The van der Waals surface area contributed by atoms with E-state index < -0.39 is 28.8 Å². The van der Waals surface area contributed by atoms with Crippen molar-refractivity contribution in [3.63, 3.8) is 0 Å². The standard InChI is InChI=1S/C26H35BNO4/c1-24(2,3)31-23(29)21(18-27-32-26(6,7)25(4,5)30)28-22(19-14-10-8-11-15-19)20-16-12-9-13-17-20/h8-17,21,30H,18H2,1-7H3. The molecule has 1 radical (unpaired) electrons. The summed E-state index contributed by atoms with van der Waals surface area (Å²) in [4.78, 5) is 17.9. The minimum Gasteiger partial charge on any atom is -0.458 e. The molecular weight excluding hydrogens is 401 g/mol. The van der Waals surface area contributed by atoms with Crippen LogP contribution in [0, 0.1) is 0 Å². The molecule has 0 fully saturated rings. The maximum Gasteiger partial charge on any atom is 0.330 e. The second kappa shape index (κ2) is 10.5. The van der Waals surface area contributed by atoms with Gasteiger partial charge in [0.15, 0.2) is 0 Å². The largest absolute Gasteiger partial charge is 0.458 e. The van der Waals surface area contributed by atoms with Crippen LogP contribution < -0.4 is 0 Å². The predicted molar refractivity (Wildman–Crippen MR) is 130 cm³/mol. The number of ether oxygens (including phenoxy) is 1. The topological polar surface area (TPSA) is 68.1 Å². The molecule has 32 heavy (non-hydrogen) atoms. The fraction of sp³-hybridized carbons (Fsp3) is 0.462. The van der Waals surface area contributed by atoms with Crippen LogP contribution in [0.15, 0.2) is 65.7 Å². The highest BCUT2D eigenvalue weighted by Crippen LogP contribution is 2.25. The van der Waals surface area contributed by atoms with Crippen molar-refractivity contribution in [3.8, 4) is 0 Å². The van der Waals surface area contributed by atoms with Crippen LogP contribution in [0.3, 0.4) is 0 Å². The Kier molecular flexibility index (Phi) is 8.44. The Hall–Kier alpha value is -2.44. The van der Waals surface area contributed by atoms with Crippen molar-refractivity contribution in [1.82, 2.24) is 0 Å². The van der Waals surface area contributed by atoms with E-state index in [0.29, 0.717) is 5.71 Å². The number of carbonyl (C=O) groups is 1. The first-order chi connectivity index (χ1) is 14.8. The van der Waals surface area contributed by atoms with Crippen molar-refractivity contribution >= 4 is 19.2 Å². The summed E-state index contributed by atoms with van der Waals surface area (Å²) in [5.41, 5.74) is -0.0191. The smallest absolute Gasteiger partial charge is 0.330 e. The zero-order valence-corrected chi connectivity index (χ0v) is 20.3. The van der Waals surface area contributed by atoms with Gasteiger partial charge in [-0.05, 0) is 54.8 Å². The average Bonchev–Trinajstić information content (AvgIpc) is 2.69. The molecule has 1 unspecified atom stereocenters. The number of rotatable bonds is 9. The third-order valence-corrected chi connectivity index (χ3v) is 5.23. The molecule has 1 atom stereocenters. The van der Waals surface area contributed by atoms with E-state index in [9.17, 15) is 9.90 Å². The van der Waals surface area contributed by atoms with Gasteiger partial charge in [-0.15, -0.1) is 0 Å². The summed E-state index contributed by atoms with van der Waals surface area (Å²) in [5, 5.41) is 10.4. The highest BCUT2D eigenvalue weighted by molar-refractivity contribution is 6.28. The normalized spacial score (nSPS) is 13.2. The average molecular weight is 436 g/mol. The zero-order chi connectivity index (χ0) is 24.0. The van der Waals surface area contributed by atoms with Gasteiger partial charge in [-0.1, -0.05) is 60.7 Å². The first-order valence-electron chi connectivity index (χ1n) is 10.9. The molecule has 0 saturated carbocycles. The zero-order valence-electron chi connectivity index (χ0n) is 20.3. The number of hydrogen-bond donors (Lipinski definition) is 1. The second-order valence-corrected chi connectivity index (χ2v) is 9.85. The third-order valence-electron chi connectivity index (χ3n) is 5.23. The number of aliphatic imine (C=N–C) groups is 1. The highest BCUT2D eigenvalue weighted by atomic mass is 16.6. The molecule has 2 rings (SSSR count). The van der Waals surface area contributed by atoms with E-state index >= 15 is 0 Å². The molecule has 5 nitrogen and oxygen atoms in total. The Bertz CT molecular complexity index is 855. The fourth-order valence-corrected chi connectivity index (χ4v) is 2.73. The molecule has 0 aliphatic carbocycles. The highest BCUT2D eigenvalue weighted by Gasteiger charge is 2.36. The van der Waals surface area contributed by atoms with Crippen molar-refractivity contribution in [3.05, 3.63) is 71.8 Å². The van der Waals surface area contributed by atoms with Crippen LogP contribution in [0.4, 0.5) is 0 Å². The van der Waals surface area contributed by atoms with Gasteiger partial charge in [-0.25, -0.2) is 4.79 Å². The van der Waals surface area contributed by atoms with Crippen molar-refractivity contribution in [2.45, 2.75) is 77.6 Å². The first-order valence-corrected chi connectivity index (χ1v) is 10.9. The third kappa shape index (κ3) is 7.61. The molecule has 0 aromatic heterocycles. The summed E-state index contributed by atoms with van der Waals surface area (Å²) in [6.07, 6.45) is 0.206. The van der Waals surface area contributed by atoms with Crippen molar-refractivity contribution in [2.75, 3.05) is 0 Å². The summed E-state index contributed by atoms with van der Waals surface area (Å²) >= 11 is 0. The summed E-state index contributed by atoms with van der Waals surface area (Å²) in [6.45, 7) is 12.5. The van der Waals surface area contributed by atoms with E-state index in [2.05, 4.69) is 0 Å². The van der Waals surface area contributed by atoms with Gasteiger partial charge in [0, 0.05) is 11.1 Å².